The van der Waals surface area contributed by atoms with Crippen LogP contribution in [0.5, 0.6) is 0 Å². The Bertz CT molecular complexity index is 517. The fourth-order valence-electron chi connectivity index (χ4n) is 1.94. The third kappa shape index (κ3) is 3.06. The summed E-state index contributed by atoms with van der Waals surface area (Å²) in [5.41, 5.74) is 0.605. The van der Waals surface area contributed by atoms with E-state index in [2.05, 4.69) is 22.4 Å². The second-order valence-corrected chi connectivity index (χ2v) is 4.97. The molecule has 0 saturated heterocycles. The maximum absolute atomic E-state index is 9.94. The number of nitrogens with one attached hydrogen (secondary N) is 1. The van der Waals surface area contributed by atoms with E-state index >= 15 is 0 Å². The van der Waals surface area contributed by atoms with Gasteiger partial charge in [0, 0.05) is 30.9 Å². The van der Waals surface area contributed by atoms with Crippen molar-refractivity contribution < 1.29 is 5.11 Å². The van der Waals surface area contributed by atoms with Gasteiger partial charge in [0.25, 0.3) is 0 Å². The Balaban J connectivity index is 2.08. The highest BCUT2D eigenvalue weighted by Gasteiger charge is 2.16. The highest BCUT2D eigenvalue weighted by Crippen LogP contribution is 2.17. The van der Waals surface area contributed by atoms with Gasteiger partial charge in [0.05, 0.1) is 5.60 Å². The molecule has 2 N–H and O–H groups in total. The molecule has 3 nitrogen and oxygen atoms in total. The van der Waals surface area contributed by atoms with Crippen molar-refractivity contribution in [2.45, 2.75) is 32.4 Å². The van der Waals surface area contributed by atoms with Crippen molar-refractivity contribution in [3.05, 3.63) is 42.2 Å². The lowest BCUT2D eigenvalue weighted by Crippen LogP contribution is -2.36. The summed E-state index contributed by atoms with van der Waals surface area (Å²) in [6, 6.07) is 8.24. The number of fused-ring (bicyclic) bond motifs is 1. The van der Waals surface area contributed by atoms with Gasteiger partial charge in [0.1, 0.15) is 0 Å². The van der Waals surface area contributed by atoms with Gasteiger partial charge >= 0.3 is 0 Å². The maximum Gasteiger partial charge on any atom is 0.0741 e. The molecule has 0 aliphatic heterocycles. The fraction of sp³-hybridized carbons (Fsp3) is 0.400. The van der Waals surface area contributed by atoms with Gasteiger partial charge in [0.15, 0.2) is 0 Å². The molecular weight excluding hydrogens is 224 g/mol. The summed E-state index contributed by atoms with van der Waals surface area (Å²) >= 11 is 0. The van der Waals surface area contributed by atoms with Crippen LogP contribution >= 0.6 is 0 Å². The molecular formula is C15H20N2O. The Morgan fingerprint density at radius 3 is 2.94 bits per heavy atom. The van der Waals surface area contributed by atoms with E-state index in [-0.39, 0.29) is 0 Å². The van der Waals surface area contributed by atoms with E-state index in [9.17, 15) is 5.11 Å². The van der Waals surface area contributed by atoms with Crippen LogP contribution in [0, 0.1) is 0 Å². The van der Waals surface area contributed by atoms with E-state index in [1.54, 1.807) is 0 Å². The zero-order valence-electron chi connectivity index (χ0n) is 11.0. The molecule has 0 aliphatic rings. The number of aromatic nitrogens is 1. The molecule has 0 bridgehead atoms. The van der Waals surface area contributed by atoms with Crippen LogP contribution in [0.2, 0.25) is 0 Å². The first-order chi connectivity index (χ1) is 8.62. The summed E-state index contributed by atoms with van der Waals surface area (Å²) in [5, 5.41) is 15.6. The lowest BCUT2D eigenvalue weighted by Gasteiger charge is -2.21. The van der Waals surface area contributed by atoms with Crippen LogP contribution in [-0.2, 0) is 6.54 Å². The van der Waals surface area contributed by atoms with Gasteiger partial charge in [-0.2, -0.15) is 0 Å². The Kier molecular flexibility index (Phi) is 3.94. The molecule has 0 radical (unpaired) electrons. The normalized spacial score (nSPS) is 14.6. The highest BCUT2D eigenvalue weighted by molar-refractivity contribution is 5.84. The summed E-state index contributed by atoms with van der Waals surface area (Å²) in [6.07, 6.45) is 4.44. The molecule has 1 heterocycles. The molecule has 1 unspecified atom stereocenters. The molecule has 0 spiro atoms. The van der Waals surface area contributed by atoms with Gasteiger partial charge < -0.3 is 10.4 Å². The number of rotatable bonds is 5. The van der Waals surface area contributed by atoms with Crippen molar-refractivity contribution in [3.8, 4) is 0 Å². The van der Waals surface area contributed by atoms with Gasteiger partial charge in [-0.3, -0.25) is 4.98 Å². The standard InChI is InChI=1S/C15H20N2O/c1-3-15(2,18)11-17-10-13-6-4-5-12-9-16-8-7-14(12)13/h4-9,17-18H,3,10-11H2,1-2H3. The largest absolute Gasteiger partial charge is 0.389 e. The van der Waals surface area contributed by atoms with Crippen LogP contribution in [-0.4, -0.2) is 22.2 Å². The van der Waals surface area contributed by atoms with Crippen molar-refractivity contribution in [3.63, 3.8) is 0 Å². The first-order valence-corrected chi connectivity index (χ1v) is 6.37. The minimum absolute atomic E-state index is 0.602. The quantitative estimate of drug-likeness (QED) is 0.849. The first-order valence-electron chi connectivity index (χ1n) is 6.37. The van der Waals surface area contributed by atoms with E-state index in [0.29, 0.717) is 6.54 Å². The number of nitrogens with zero attached hydrogens (tertiary/aromatic N) is 1. The van der Waals surface area contributed by atoms with Crippen molar-refractivity contribution in [1.82, 2.24) is 10.3 Å². The van der Waals surface area contributed by atoms with Crippen molar-refractivity contribution in [2.24, 2.45) is 0 Å². The van der Waals surface area contributed by atoms with Gasteiger partial charge in [0.2, 0.25) is 0 Å². The summed E-state index contributed by atoms with van der Waals surface area (Å²) in [7, 11) is 0. The number of aliphatic hydroxyl groups is 1. The molecule has 1 aromatic carbocycles. The zero-order chi connectivity index (χ0) is 13.0. The number of pyridine rings is 1. The molecule has 2 rings (SSSR count). The van der Waals surface area contributed by atoms with Crippen LogP contribution in [0.1, 0.15) is 25.8 Å². The number of benzene rings is 1. The number of hydrogen-bond acceptors (Lipinski definition) is 3. The lowest BCUT2D eigenvalue weighted by molar-refractivity contribution is 0.0556. The molecule has 2 aromatic rings. The summed E-state index contributed by atoms with van der Waals surface area (Å²) in [6.45, 7) is 5.21. The maximum atomic E-state index is 9.94. The van der Waals surface area contributed by atoms with Gasteiger partial charge in [-0.25, -0.2) is 0 Å². The van der Waals surface area contributed by atoms with Crippen LogP contribution in [0.4, 0.5) is 0 Å². The molecule has 3 heteroatoms. The van der Waals surface area contributed by atoms with Gasteiger partial charge in [-0.15, -0.1) is 0 Å². The summed E-state index contributed by atoms with van der Waals surface area (Å²) in [4.78, 5) is 4.13. The average Bonchev–Trinajstić information content (AvgIpc) is 2.39. The van der Waals surface area contributed by atoms with E-state index in [1.807, 2.05) is 38.4 Å². The van der Waals surface area contributed by atoms with Crippen LogP contribution < -0.4 is 5.32 Å². The average molecular weight is 244 g/mol. The SMILES string of the molecule is CCC(C)(O)CNCc1cccc2cnccc12. The van der Waals surface area contributed by atoms with Gasteiger partial charge in [-0.1, -0.05) is 25.1 Å². The topological polar surface area (TPSA) is 45.1 Å². The van der Waals surface area contributed by atoms with E-state index < -0.39 is 5.60 Å². The third-order valence-electron chi connectivity index (χ3n) is 3.35. The minimum Gasteiger partial charge on any atom is -0.389 e. The van der Waals surface area contributed by atoms with E-state index in [1.165, 1.54) is 10.9 Å². The molecule has 1 aromatic heterocycles. The van der Waals surface area contributed by atoms with E-state index in [0.717, 1.165) is 18.4 Å². The van der Waals surface area contributed by atoms with Gasteiger partial charge in [-0.05, 0) is 30.4 Å². The van der Waals surface area contributed by atoms with E-state index in [4.69, 9.17) is 0 Å². The van der Waals surface area contributed by atoms with Crippen LogP contribution in [0.15, 0.2) is 36.7 Å². The monoisotopic (exact) mass is 244 g/mol. The molecule has 0 amide bonds. The van der Waals surface area contributed by atoms with Crippen molar-refractivity contribution in [2.75, 3.05) is 6.54 Å². The Labute approximate surface area is 108 Å². The van der Waals surface area contributed by atoms with Crippen molar-refractivity contribution >= 4 is 10.8 Å². The molecule has 18 heavy (non-hydrogen) atoms. The second kappa shape index (κ2) is 5.46. The lowest BCUT2D eigenvalue weighted by atomic mass is 10.0. The molecule has 0 saturated carbocycles. The van der Waals surface area contributed by atoms with Crippen LogP contribution in [0.25, 0.3) is 10.8 Å². The molecule has 1 atom stereocenters. The van der Waals surface area contributed by atoms with Crippen LogP contribution in [0.3, 0.4) is 0 Å². The Hall–Kier alpha value is -1.45. The Morgan fingerprint density at radius 1 is 1.33 bits per heavy atom. The number of hydrogen-bond donors (Lipinski definition) is 2. The molecule has 96 valence electrons. The predicted octanol–water partition coefficient (Wildman–Crippen LogP) is 2.49. The zero-order valence-corrected chi connectivity index (χ0v) is 11.0. The summed E-state index contributed by atoms with van der Waals surface area (Å²) in [5.74, 6) is 0. The van der Waals surface area contributed by atoms with Crippen molar-refractivity contribution in [1.29, 1.82) is 0 Å². The second-order valence-electron chi connectivity index (χ2n) is 4.97. The Morgan fingerprint density at radius 2 is 2.17 bits per heavy atom. The molecule has 0 fully saturated rings. The minimum atomic E-state index is -0.633. The smallest absolute Gasteiger partial charge is 0.0741 e. The fourth-order valence-corrected chi connectivity index (χ4v) is 1.94. The third-order valence-corrected chi connectivity index (χ3v) is 3.35. The summed E-state index contributed by atoms with van der Waals surface area (Å²) < 4.78 is 0. The predicted molar refractivity (Wildman–Crippen MR) is 74.4 cm³/mol. The molecule has 0 aliphatic carbocycles. The highest BCUT2D eigenvalue weighted by atomic mass is 16.3. The first kappa shape index (κ1) is 13.0.